The molecule has 0 aliphatic heterocycles. The number of sulfonamides is 1. The van der Waals surface area contributed by atoms with E-state index in [4.69, 9.17) is 5.11 Å². The van der Waals surface area contributed by atoms with Gasteiger partial charge in [-0.15, -0.1) is 11.3 Å². The number of fused-ring (bicyclic) bond motifs is 1. The fourth-order valence-electron chi connectivity index (χ4n) is 2.50. The molecule has 0 saturated heterocycles. The van der Waals surface area contributed by atoms with Crippen molar-refractivity contribution in [2.45, 2.75) is 30.2 Å². The maximum Gasteiger partial charge on any atom is 0.318 e. The van der Waals surface area contributed by atoms with E-state index in [0.717, 1.165) is 28.3 Å². The first kappa shape index (κ1) is 14.5. The molecule has 1 N–H and O–H groups in total. The molecule has 0 atom stereocenters. The van der Waals surface area contributed by atoms with Crippen LogP contribution in [0.5, 0.6) is 0 Å². The highest BCUT2D eigenvalue weighted by Gasteiger charge is 2.37. The lowest BCUT2D eigenvalue weighted by molar-refractivity contribution is -0.137. The fraction of sp³-hybridized carbons (Fsp3) is 0.357. The summed E-state index contributed by atoms with van der Waals surface area (Å²) in [6, 6.07) is 7.09. The fourth-order valence-corrected chi connectivity index (χ4v) is 5.61. The summed E-state index contributed by atoms with van der Waals surface area (Å²) in [5.41, 5.74) is 0. The highest BCUT2D eigenvalue weighted by atomic mass is 32.2. The maximum atomic E-state index is 12.8. The number of carboxylic acid groups (broad SMARTS) is 1. The maximum absolute atomic E-state index is 12.8. The number of thiophene rings is 1. The van der Waals surface area contributed by atoms with Crippen molar-refractivity contribution in [2.75, 3.05) is 6.54 Å². The van der Waals surface area contributed by atoms with Crippen molar-refractivity contribution in [3.8, 4) is 0 Å². The van der Waals surface area contributed by atoms with Crippen LogP contribution in [0.4, 0.5) is 0 Å². The van der Waals surface area contributed by atoms with Gasteiger partial charge in [0.2, 0.25) is 10.0 Å². The average molecular weight is 325 g/mol. The second-order valence-electron chi connectivity index (χ2n) is 5.12. The molecule has 1 heterocycles. The van der Waals surface area contributed by atoms with E-state index in [2.05, 4.69) is 0 Å². The van der Waals surface area contributed by atoms with Crippen molar-refractivity contribution < 1.29 is 18.3 Å². The minimum absolute atomic E-state index is 0.190. The zero-order valence-corrected chi connectivity index (χ0v) is 12.9. The summed E-state index contributed by atoms with van der Waals surface area (Å²) < 4.78 is 27.7. The van der Waals surface area contributed by atoms with Gasteiger partial charge in [-0.05, 0) is 18.9 Å². The second-order valence-corrected chi connectivity index (χ2v) is 7.90. The molecule has 1 aliphatic rings. The number of aliphatic carboxylic acids is 1. The standard InChI is InChI=1S/C14H15NO4S2/c16-14(17)8-15(10-4-3-5-10)21(18,19)13-9-20-12-7-2-1-6-11(12)13/h1-2,6-7,9-10H,3-5,8H2,(H,16,17). The molecule has 2 aromatic rings. The predicted octanol–water partition coefficient (Wildman–Crippen LogP) is 2.53. The highest BCUT2D eigenvalue weighted by molar-refractivity contribution is 7.89. The van der Waals surface area contributed by atoms with Crippen LogP contribution in [0, 0.1) is 0 Å². The Morgan fingerprint density at radius 1 is 1.33 bits per heavy atom. The van der Waals surface area contributed by atoms with Gasteiger partial charge in [0.1, 0.15) is 11.4 Å². The molecule has 1 saturated carbocycles. The van der Waals surface area contributed by atoms with E-state index in [9.17, 15) is 13.2 Å². The van der Waals surface area contributed by atoms with E-state index in [1.165, 1.54) is 11.3 Å². The van der Waals surface area contributed by atoms with Gasteiger partial charge in [-0.1, -0.05) is 24.6 Å². The van der Waals surface area contributed by atoms with Crippen LogP contribution in [-0.2, 0) is 14.8 Å². The van der Waals surface area contributed by atoms with Crippen LogP contribution in [0.3, 0.4) is 0 Å². The lowest BCUT2D eigenvalue weighted by atomic mass is 9.93. The summed E-state index contributed by atoms with van der Waals surface area (Å²) in [4.78, 5) is 11.2. The molecule has 0 unspecified atom stereocenters. The summed E-state index contributed by atoms with van der Waals surface area (Å²) in [5, 5.41) is 11.3. The Morgan fingerprint density at radius 3 is 2.67 bits per heavy atom. The topological polar surface area (TPSA) is 74.7 Å². The van der Waals surface area contributed by atoms with E-state index < -0.39 is 22.5 Å². The number of carboxylic acids is 1. The molecule has 112 valence electrons. The third-order valence-corrected chi connectivity index (χ3v) is 6.86. The smallest absolute Gasteiger partial charge is 0.318 e. The molecule has 1 aromatic heterocycles. The normalized spacial score (nSPS) is 16.2. The van der Waals surface area contributed by atoms with Gasteiger partial charge in [-0.2, -0.15) is 4.31 Å². The molecule has 1 aromatic carbocycles. The van der Waals surface area contributed by atoms with Crippen molar-refractivity contribution in [3.63, 3.8) is 0 Å². The van der Waals surface area contributed by atoms with Gasteiger partial charge in [0.05, 0.1) is 0 Å². The summed E-state index contributed by atoms with van der Waals surface area (Å²) in [7, 11) is -3.78. The van der Waals surface area contributed by atoms with Crippen LogP contribution < -0.4 is 0 Å². The first-order valence-electron chi connectivity index (χ1n) is 6.70. The molecule has 7 heteroatoms. The van der Waals surface area contributed by atoms with Gasteiger partial charge >= 0.3 is 5.97 Å². The van der Waals surface area contributed by atoms with Crippen molar-refractivity contribution in [3.05, 3.63) is 29.6 Å². The Labute approximate surface area is 126 Å². The van der Waals surface area contributed by atoms with Crippen LogP contribution in [0.2, 0.25) is 0 Å². The van der Waals surface area contributed by atoms with Gasteiger partial charge in [-0.25, -0.2) is 8.42 Å². The van der Waals surface area contributed by atoms with Crippen LogP contribution in [0.25, 0.3) is 10.1 Å². The molecule has 0 amide bonds. The highest BCUT2D eigenvalue weighted by Crippen LogP contribution is 2.35. The zero-order valence-electron chi connectivity index (χ0n) is 11.2. The number of nitrogens with zero attached hydrogens (tertiary/aromatic N) is 1. The van der Waals surface area contributed by atoms with E-state index >= 15 is 0 Å². The van der Waals surface area contributed by atoms with Gasteiger partial charge < -0.3 is 5.11 Å². The predicted molar refractivity (Wildman–Crippen MR) is 81.0 cm³/mol. The molecule has 21 heavy (non-hydrogen) atoms. The molecule has 5 nitrogen and oxygen atoms in total. The zero-order chi connectivity index (χ0) is 15.0. The van der Waals surface area contributed by atoms with Crippen molar-refractivity contribution >= 4 is 37.4 Å². The minimum atomic E-state index is -3.78. The largest absolute Gasteiger partial charge is 0.480 e. The number of hydrogen-bond acceptors (Lipinski definition) is 4. The third-order valence-electron chi connectivity index (χ3n) is 3.81. The lowest BCUT2D eigenvalue weighted by Crippen LogP contribution is -2.46. The van der Waals surface area contributed by atoms with Crippen LogP contribution in [0.1, 0.15) is 19.3 Å². The molecule has 1 fully saturated rings. The van der Waals surface area contributed by atoms with E-state index in [0.29, 0.717) is 5.39 Å². The number of benzene rings is 1. The first-order valence-corrected chi connectivity index (χ1v) is 9.02. The van der Waals surface area contributed by atoms with Crippen LogP contribution >= 0.6 is 11.3 Å². The van der Waals surface area contributed by atoms with E-state index in [-0.39, 0.29) is 10.9 Å². The molecular weight excluding hydrogens is 310 g/mol. The Hall–Kier alpha value is -1.44. The van der Waals surface area contributed by atoms with E-state index in [1.807, 2.05) is 12.1 Å². The van der Waals surface area contributed by atoms with Gasteiger partial charge in [0.25, 0.3) is 0 Å². The SMILES string of the molecule is O=C(O)CN(C1CCC1)S(=O)(=O)c1csc2ccccc12. The monoisotopic (exact) mass is 325 g/mol. The van der Waals surface area contributed by atoms with Crippen LogP contribution in [0.15, 0.2) is 34.5 Å². The van der Waals surface area contributed by atoms with Crippen molar-refractivity contribution in [1.82, 2.24) is 4.31 Å². The molecule has 0 bridgehead atoms. The number of carbonyl (C=O) groups is 1. The molecule has 3 rings (SSSR count). The van der Waals surface area contributed by atoms with Gasteiger partial charge in [0, 0.05) is 21.5 Å². The van der Waals surface area contributed by atoms with Gasteiger partial charge in [-0.3, -0.25) is 4.79 Å². The summed E-state index contributed by atoms with van der Waals surface area (Å²) in [6.45, 7) is -0.475. The average Bonchev–Trinajstić information content (AvgIpc) is 2.79. The summed E-state index contributed by atoms with van der Waals surface area (Å²) in [6.07, 6.45) is 2.41. The van der Waals surface area contributed by atoms with Crippen LogP contribution in [-0.4, -0.2) is 36.4 Å². The quantitative estimate of drug-likeness (QED) is 0.916. The second kappa shape index (κ2) is 5.40. The summed E-state index contributed by atoms with van der Waals surface area (Å²) in [5.74, 6) is -1.12. The Morgan fingerprint density at radius 2 is 2.05 bits per heavy atom. The summed E-state index contributed by atoms with van der Waals surface area (Å²) >= 11 is 1.36. The molecule has 0 spiro atoms. The first-order chi connectivity index (χ1) is 10.00. The molecule has 0 radical (unpaired) electrons. The Balaban J connectivity index is 2.06. The van der Waals surface area contributed by atoms with Crippen molar-refractivity contribution in [1.29, 1.82) is 0 Å². The number of hydrogen-bond donors (Lipinski definition) is 1. The molecule has 1 aliphatic carbocycles. The third kappa shape index (κ3) is 2.56. The van der Waals surface area contributed by atoms with E-state index in [1.54, 1.807) is 17.5 Å². The van der Waals surface area contributed by atoms with Crippen molar-refractivity contribution in [2.24, 2.45) is 0 Å². The van der Waals surface area contributed by atoms with Gasteiger partial charge in [0.15, 0.2) is 0 Å². The number of rotatable bonds is 5. The Bertz CT molecular complexity index is 777. The molecular formula is C14H15NO4S2. The minimum Gasteiger partial charge on any atom is -0.480 e. The lowest BCUT2D eigenvalue weighted by Gasteiger charge is -2.35. The Kier molecular flexibility index (Phi) is 3.73.